The van der Waals surface area contributed by atoms with Gasteiger partial charge in [0.25, 0.3) is 0 Å². The van der Waals surface area contributed by atoms with Crippen LogP contribution < -0.4 is 0 Å². The minimum absolute atomic E-state index is 0.308. The van der Waals surface area contributed by atoms with Crippen LogP contribution in [0.1, 0.15) is 25.0 Å². The second-order valence-corrected chi connectivity index (χ2v) is 5.76. The maximum absolute atomic E-state index is 12.2. The summed E-state index contributed by atoms with van der Waals surface area (Å²) in [5.74, 6) is 2.41. The predicted octanol–water partition coefficient (Wildman–Crippen LogP) is 2.13. The molecule has 2 saturated carbocycles. The Morgan fingerprint density at radius 1 is 1.33 bits per heavy atom. The van der Waals surface area contributed by atoms with Gasteiger partial charge >= 0.3 is 0 Å². The lowest BCUT2D eigenvalue weighted by atomic mass is 10.0. The van der Waals surface area contributed by atoms with Crippen LogP contribution in [-0.4, -0.2) is 29.4 Å². The van der Waals surface area contributed by atoms with Crippen molar-refractivity contribution in [2.24, 2.45) is 17.8 Å². The summed E-state index contributed by atoms with van der Waals surface area (Å²) in [7, 11) is 1.93. The minimum atomic E-state index is 0.308. The molecule has 3 heteroatoms. The Balaban J connectivity index is 1.49. The molecule has 3 nitrogen and oxygen atoms in total. The fourth-order valence-electron chi connectivity index (χ4n) is 3.17. The highest BCUT2D eigenvalue weighted by molar-refractivity contribution is 5.79. The lowest BCUT2D eigenvalue weighted by Gasteiger charge is -2.21. The standard InChI is InChI=1S/C15H20N2O/c1-17(7-5-14-4-2-3-6-16-14)15(18)13-9-11-8-12(11)10-13/h2-4,6,11-13H,5,7-10H2,1H3. The van der Waals surface area contributed by atoms with Gasteiger partial charge in [0, 0.05) is 37.8 Å². The fraction of sp³-hybridized carbons (Fsp3) is 0.600. The van der Waals surface area contributed by atoms with Crippen LogP contribution in [0.3, 0.4) is 0 Å². The zero-order chi connectivity index (χ0) is 12.5. The average molecular weight is 244 g/mol. The first-order valence-corrected chi connectivity index (χ1v) is 6.89. The molecule has 18 heavy (non-hydrogen) atoms. The van der Waals surface area contributed by atoms with E-state index in [-0.39, 0.29) is 0 Å². The van der Waals surface area contributed by atoms with Crippen molar-refractivity contribution < 1.29 is 4.79 Å². The maximum atomic E-state index is 12.2. The molecule has 1 aromatic heterocycles. The van der Waals surface area contributed by atoms with Gasteiger partial charge in [-0.05, 0) is 43.2 Å². The van der Waals surface area contributed by atoms with Crippen LogP contribution in [0.5, 0.6) is 0 Å². The second-order valence-electron chi connectivity index (χ2n) is 5.76. The number of nitrogens with zero attached hydrogens (tertiary/aromatic N) is 2. The first-order chi connectivity index (χ1) is 8.74. The van der Waals surface area contributed by atoms with E-state index in [2.05, 4.69) is 4.98 Å². The highest BCUT2D eigenvalue weighted by atomic mass is 16.2. The third-order valence-corrected chi connectivity index (χ3v) is 4.40. The third kappa shape index (κ3) is 2.40. The average Bonchev–Trinajstić information content (AvgIpc) is 3.03. The van der Waals surface area contributed by atoms with Gasteiger partial charge in [-0.2, -0.15) is 0 Å². The molecule has 0 saturated heterocycles. The predicted molar refractivity (Wildman–Crippen MR) is 69.9 cm³/mol. The molecule has 0 aliphatic heterocycles. The van der Waals surface area contributed by atoms with Crippen LogP contribution in [0.25, 0.3) is 0 Å². The Hall–Kier alpha value is -1.38. The molecule has 0 spiro atoms. The van der Waals surface area contributed by atoms with Crippen LogP contribution in [-0.2, 0) is 11.2 Å². The number of fused-ring (bicyclic) bond motifs is 1. The molecule has 2 unspecified atom stereocenters. The minimum Gasteiger partial charge on any atom is -0.345 e. The van der Waals surface area contributed by atoms with E-state index in [4.69, 9.17) is 0 Å². The van der Waals surface area contributed by atoms with Gasteiger partial charge in [0.1, 0.15) is 0 Å². The molecule has 2 atom stereocenters. The van der Waals surface area contributed by atoms with E-state index < -0.39 is 0 Å². The van der Waals surface area contributed by atoms with Crippen LogP contribution in [0.15, 0.2) is 24.4 Å². The van der Waals surface area contributed by atoms with Gasteiger partial charge in [-0.15, -0.1) is 0 Å². The van der Waals surface area contributed by atoms with Gasteiger partial charge < -0.3 is 4.90 Å². The van der Waals surface area contributed by atoms with Crippen molar-refractivity contribution in [2.45, 2.75) is 25.7 Å². The lowest BCUT2D eigenvalue weighted by molar-refractivity contribution is -0.134. The van der Waals surface area contributed by atoms with Crippen LogP contribution in [0.4, 0.5) is 0 Å². The molecule has 0 aromatic carbocycles. The van der Waals surface area contributed by atoms with E-state index in [9.17, 15) is 4.79 Å². The number of amides is 1. The van der Waals surface area contributed by atoms with Crippen molar-refractivity contribution >= 4 is 5.91 Å². The molecule has 0 radical (unpaired) electrons. The van der Waals surface area contributed by atoms with E-state index in [0.29, 0.717) is 11.8 Å². The zero-order valence-electron chi connectivity index (χ0n) is 10.9. The molecule has 2 aliphatic carbocycles. The summed E-state index contributed by atoms with van der Waals surface area (Å²) in [6.07, 6.45) is 6.31. The van der Waals surface area contributed by atoms with Crippen molar-refractivity contribution in [1.29, 1.82) is 0 Å². The number of carbonyl (C=O) groups is 1. The SMILES string of the molecule is CN(CCc1ccccn1)C(=O)C1CC2CC2C1. The second kappa shape index (κ2) is 4.71. The summed E-state index contributed by atoms with van der Waals surface area (Å²) >= 11 is 0. The molecule has 1 aromatic rings. The monoisotopic (exact) mass is 244 g/mol. The lowest BCUT2D eigenvalue weighted by Crippen LogP contribution is -2.34. The normalized spacial score (nSPS) is 28.8. The number of rotatable bonds is 4. The van der Waals surface area contributed by atoms with E-state index >= 15 is 0 Å². The largest absolute Gasteiger partial charge is 0.345 e. The number of hydrogen-bond donors (Lipinski definition) is 0. The smallest absolute Gasteiger partial charge is 0.225 e. The van der Waals surface area contributed by atoms with Crippen molar-refractivity contribution in [3.8, 4) is 0 Å². The summed E-state index contributed by atoms with van der Waals surface area (Å²) in [6, 6.07) is 5.93. The van der Waals surface area contributed by atoms with Gasteiger partial charge in [-0.3, -0.25) is 9.78 Å². The molecule has 1 heterocycles. The Kier molecular flexibility index (Phi) is 3.06. The number of carbonyl (C=O) groups excluding carboxylic acids is 1. The van der Waals surface area contributed by atoms with Crippen molar-refractivity contribution in [1.82, 2.24) is 9.88 Å². The molecule has 2 aliphatic rings. The molecule has 0 N–H and O–H groups in total. The van der Waals surface area contributed by atoms with Gasteiger partial charge in [0.2, 0.25) is 5.91 Å². The molecule has 3 rings (SSSR count). The van der Waals surface area contributed by atoms with Gasteiger partial charge in [-0.1, -0.05) is 6.07 Å². The van der Waals surface area contributed by atoms with Gasteiger partial charge in [0.05, 0.1) is 0 Å². The van der Waals surface area contributed by atoms with Crippen LogP contribution >= 0.6 is 0 Å². The number of aromatic nitrogens is 1. The zero-order valence-corrected chi connectivity index (χ0v) is 10.9. The maximum Gasteiger partial charge on any atom is 0.225 e. The molecular weight excluding hydrogens is 224 g/mol. The van der Waals surface area contributed by atoms with Crippen molar-refractivity contribution in [2.75, 3.05) is 13.6 Å². The molecule has 2 fully saturated rings. The first-order valence-electron chi connectivity index (χ1n) is 6.89. The molecule has 1 amide bonds. The van der Waals surface area contributed by atoms with Crippen LogP contribution in [0, 0.1) is 17.8 Å². The fourth-order valence-corrected chi connectivity index (χ4v) is 3.17. The topological polar surface area (TPSA) is 33.2 Å². The van der Waals surface area contributed by atoms with E-state index in [1.54, 1.807) is 0 Å². The van der Waals surface area contributed by atoms with E-state index in [1.807, 2.05) is 36.3 Å². The van der Waals surface area contributed by atoms with E-state index in [0.717, 1.165) is 43.3 Å². The third-order valence-electron chi connectivity index (χ3n) is 4.40. The van der Waals surface area contributed by atoms with Crippen LogP contribution in [0.2, 0.25) is 0 Å². The number of hydrogen-bond acceptors (Lipinski definition) is 2. The molecule has 96 valence electrons. The number of likely N-dealkylation sites (N-methyl/N-ethyl adjacent to an activating group) is 1. The summed E-state index contributed by atoms with van der Waals surface area (Å²) in [5.41, 5.74) is 1.06. The van der Waals surface area contributed by atoms with Gasteiger partial charge in [0.15, 0.2) is 0 Å². The Labute approximate surface area is 108 Å². The Morgan fingerprint density at radius 3 is 2.78 bits per heavy atom. The van der Waals surface area contributed by atoms with Gasteiger partial charge in [-0.25, -0.2) is 0 Å². The molecule has 0 bridgehead atoms. The van der Waals surface area contributed by atoms with Crippen molar-refractivity contribution in [3.05, 3.63) is 30.1 Å². The first kappa shape index (κ1) is 11.7. The quantitative estimate of drug-likeness (QED) is 0.813. The summed E-state index contributed by atoms with van der Waals surface area (Å²) in [6.45, 7) is 0.779. The number of pyridine rings is 1. The summed E-state index contributed by atoms with van der Waals surface area (Å²) in [5, 5.41) is 0. The highest BCUT2D eigenvalue weighted by Crippen LogP contribution is 2.54. The van der Waals surface area contributed by atoms with E-state index in [1.165, 1.54) is 6.42 Å². The molecular formula is C15H20N2O. The summed E-state index contributed by atoms with van der Waals surface area (Å²) in [4.78, 5) is 18.4. The van der Waals surface area contributed by atoms with Crippen molar-refractivity contribution in [3.63, 3.8) is 0 Å². The Bertz CT molecular complexity index is 421. The highest BCUT2D eigenvalue weighted by Gasteiger charge is 2.48. The summed E-state index contributed by atoms with van der Waals surface area (Å²) < 4.78 is 0. The Morgan fingerprint density at radius 2 is 2.11 bits per heavy atom.